The maximum Gasteiger partial charge on any atom is 0.409 e. The summed E-state index contributed by atoms with van der Waals surface area (Å²) >= 11 is 0. The summed E-state index contributed by atoms with van der Waals surface area (Å²) in [5.74, 6) is 1.60. The van der Waals surface area contributed by atoms with E-state index in [9.17, 15) is 4.79 Å². The molecule has 1 aliphatic rings. The summed E-state index contributed by atoms with van der Waals surface area (Å²) in [5, 5.41) is 10.5. The molecule has 2 N–H and O–H groups in total. The standard InChI is InChI=1S/C23H28N6O2/c1-3-31-23(30)29-11-9-19-20(10-12-29)27-21(13-17-7-5-4-6-8-17)28-22(19)26-16(2)18-14-24-25-15-18/h4-8,14-16H,3,9-13H2,1-2H3,(H,24,25)(H,26,27,28). The zero-order valence-electron chi connectivity index (χ0n) is 18.0. The molecule has 8 nitrogen and oxygen atoms in total. The molecular formula is C23H28N6O2. The Balaban J connectivity index is 1.63. The van der Waals surface area contributed by atoms with Gasteiger partial charge in [0.2, 0.25) is 0 Å². The fourth-order valence-corrected chi connectivity index (χ4v) is 3.81. The molecule has 0 saturated heterocycles. The molecule has 8 heteroatoms. The minimum absolute atomic E-state index is 0.0340. The van der Waals surface area contributed by atoms with Gasteiger partial charge in [-0.15, -0.1) is 0 Å². The van der Waals surface area contributed by atoms with E-state index in [-0.39, 0.29) is 12.1 Å². The molecule has 3 aromatic rings. The van der Waals surface area contributed by atoms with Crippen molar-refractivity contribution in [2.24, 2.45) is 0 Å². The number of H-pyrrole nitrogens is 1. The third-order valence-corrected chi connectivity index (χ3v) is 5.49. The Hall–Kier alpha value is -3.42. The predicted octanol–water partition coefficient (Wildman–Crippen LogP) is 3.52. The molecule has 1 atom stereocenters. The van der Waals surface area contributed by atoms with Gasteiger partial charge >= 0.3 is 6.09 Å². The lowest BCUT2D eigenvalue weighted by atomic mass is 10.1. The first-order chi connectivity index (χ1) is 15.1. The molecule has 0 spiro atoms. The van der Waals surface area contributed by atoms with Crippen LogP contribution in [0.25, 0.3) is 0 Å². The predicted molar refractivity (Wildman–Crippen MR) is 118 cm³/mol. The number of hydrogen-bond acceptors (Lipinski definition) is 6. The highest BCUT2D eigenvalue weighted by Crippen LogP contribution is 2.26. The average Bonchev–Trinajstić information content (AvgIpc) is 3.22. The van der Waals surface area contributed by atoms with E-state index >= 15 is 0 Å². The Labute approximate surface area is 182 Å². The van der Waals surface area contributed by atoms with Gasteiger partial charge in [-0.25, -0.2) is 14.8 Å². The molecular weight excluding hydrogens is 392 g/mol. The Bertz CT molecular complexity index is 1010. The van der Waals surface area contributed by atoms with E-state index in [1.54, 1.807) is 4.90 Å². The van der Waals surface area contributed by atoms with Gasteiger partial charge in [-0.1, -0.05) is 30.3 Å². The summed E-state index contributed by atoms with van der Waals surface area (Å²) < 4.78 is 5.21. The van der Waals surface area contributed by atoms with Crippen LogP contribution in [0.5, 0.6) is 0 Å². The number of ether oxygens (including phenoxy) is 1. The Morgan fingerprint density at radius 3 is 2.77 bits per heavy atom. The first kappa shape index (κ1) is 20.8. The van der Waals surface area contributed by atoms with E-state index in [1.165, 1.54) is 0 Å². The van der Waals surface area contributed by atoms with Gasteiger partial charge in [0.05, 0.1) is 24.5 Å². The van der Waals surface area contributed by atoms with Crippen molar-refractivity contribution < 1.29 is 9.53 Å². The monoisotopic (exact) mass is 420 g/mol. The number of anilines is 1. The normalized spacial score (nSPS) is 14.5. The number of carbonyl (C=O) groups is 1. The number of hydrogen-bond donors (Lipinski definition) is 2. The number of nitrogens with zero attached hydrogens (tertiary/aromatic N) is 4. The molecule has 0 fully saturated rings. The third-order valence-electron chi connectivity index (χ3n) is 5.49. The van der Waals surface area contributed by atoms with Gasteiger partial charge in [0.15, 0.2) is 0 Å². The largest absolute Gasteiger partial charge is 0.450 e. The molecule has 1 amide bonds. The summed E-state index contributed by atoms with van der Waals surface area (Å²) in [6, 6.07) is 10.3. The molecule has 3 heterocycles. The topological polar surface area (TPSA) is 96.0 Å². The molecule has 1 unspecified atom stereocenters. The van der Waals surface area contributed by atoms with Crippen LogP contribution >= 0.6 is 0 Å². The van der Waals surface area contributed by atoms with Crippen molar-refractivity contribution >= 4 is 11.9 Å². The summed E-state index contributed by atoms with van der Waals surface area (Å²) in [6.45, 7) is 5.45. The van der Waals surface area contributed by atoms with E-state index in [2.05, 4.69) is 34.6 Å². The fourth-order valence-electron chi connectivity index (χ4n) is 3.81. The quantitative estimate of drug-likeness (QED) is 0.633. The van der Waals surface area contributed by atoms with Gasteiger partial charge in [-0.05, 0) is 25.8 Å². The van der Waals surface area contributed by atoms with Gasteiger partial charge in [0.25, 0.3) is 0 Å². The van der Waals surface area contributed by atoms with Crippen LogP contribution < -0.4 is 5.32 Å². The molecule has 31 heavy (non-hydrogen) atoms. The molecule has 0 saturated carbocycles. The number of nitrogens with one attached hydrogen (secondary N) is 2. The van der Waals surface area contributed by atoms with E-state index in [0.29, 0.717) is 39.0 Å². The lowest BCUT2D eigenvalue weighted by molar-refractivity contribution is 0.109. The second kappa shape index (κ2) is 9.59. The van der Waals surface area contributed by atoms with Crippen LogP contribution in [0, 0.1) is 0 Å². The molecule has 1 aliphatic heterocycles. The van der Waals surface area contributed by atoms with Crippen molar-refractivity contribution in [3.05, 3.63) is 70.9 Å². The number of rotatable bonds is 6. The minimum Gasteiger partial charge on any atom is -0.450 e. The minimum atomic E-state index is -0.269. The number of carbonyl (C=O) groups excluding carboxylic acids is 1. The number of aromatic amines is 1. The summed E-state index contributed by atoms with van der Waals surface area (Å²) in [4.78, 5) is 23.8. The SMILES string of the molecule is CCOC(=O)N1CCc2nc(Cc3ccccc3)nc(NC(C)c3cn[nH]c3)c2CC1. The number of fused-ring (bicyclic) bond motifs is 1. The summed E-state index contributed by atoms with van der Waals surface area (Å²) in [6.07, 6.45) is 5.43. The first-order valence-corrected chi connectivity index (χ1v) is 10.7. The lowest BCUT2D eigenvalue weighted by Crippen LogP contribution is -2.33. The van der Waals surface area contributed by atoms with Crippen LogP contribution in [0.2, 0.25) is 0 Å². The molecule has 2 aromatic heterocycles. The molecule has 4 rings (SSSR count). The highest BCUT2D eigenvalue weighted by atomic mass is 16.6. The van der Waals surface area contributed by atoms with Gasteiger partial charge in [-0.3, -0.25) is 5.10 Å². The Morgan fingerprint density at radius 1 is 1.23 bits per heavy atom. The molecule has 0 bridgehead atoms. The number of benzene rings is 1. The smallest absolute Gasteiger partial charge is 0.409 e. The Morgan fingerprint density at radius 2 is 2.03 bits per heavy atom. The van der Waals surface area contributed by atoms with E-state index in [4.69, 9.17) is 14.7 Å². The van der Waals surface area contributed by atoms with E-state index < -0.39 is 0 Å². The van der Waals surface area contributed by atoms with Crippen LogP contribution in [0.4, 0.5) is 10.6 Å². The van der Waals surface area contributed by atoms with Crippen LogP contribution in [0.3, 0.4) is 0 Å². The van der Waals surface area contributed by atoms with Crippen LogP contribution in [0.1, 0.15) is 48.1 Å². The van der Waals surface area contributed by atoms with Crippen molar-refractivity contribution in [3.63, 3.8) is 0 Å². The maximum atomic E-state index is 12.3. The fraction of sp³-hybridized carbons (Fsp3) is 0.391. The number of aromatic nitrogens is 4. The van der Waals surface area contributed by atoms with Crippen molar-refractivity contribution in [1.29, 1.82) is 0 Å². The maximum absolute atomic E-state index is 12.3. The molecule has 0 aliphatic carbocycles. The van der Waals surface area contributed by atoms with Crippen LogP contribution in [0.15, 0.2) is 42.7 Å². The highest BCUT2D eigenvalue weighted by molar-refractivity contribution is 5.68. The van der Waals surface area contributed by atoms with Crippen molar-refractivity contribution in [1.82, 2.24) is 25.1 Å². The molecule has 162 valence electrons. The van der Waals surface area contributed by atoms with Gasteiger partial charge in [0, 0.05) is 43.3 Å². The zero-order valence-corrected chi connectivity index (χ0v) is 18.0. The van der Waals surface area contributed by atoms with Crippen molar-refractivity contribution in [2.75, 3.05) is 25.0 Å². The Kier molecular flexibility index (Phi) is 6.45. The van der Waals surface area contributed by atoms with Crippen LogP contribution in [-0.2, 0) is 24.0 Å². The van der Waals surface area contributed by atoms with Gasteiger partial charge < -0.3 is 15.0 Å². The average molecular weight is 421 g/mol. The third kappa shape index (κ3) is 5.02. The second-order valence-electron chi connectivity index (χ2n) is 7.66. The van der Waals surface area contributed by atoms with E-state index in [0.717, 1.165) is 34.0 Å². The first-order valence-electron chi connectivity index (χ1n) is 10.7. The molecule has 1 aromatic carbocycles. The van der Waals surface area contributed by atoms with Crippen LogP contribution in [-0.4, -0.2) is 50.9 Å². The summed E-state index contributed by atoms with van der Waals surface area (Å²) in [5.41, 5.74) is 4.28. The van der Waals surface area contributed by atoms with Crippen molar-refractivity contribution in [3.8, 4) is 0 Å². The number of amides is 1. The van der Waals surface area contributed by atoms with Crippen molar-refractivity contribution in [2.45, 2.75) is 39.2 Å². The summed E-state index contributed by atoms with van der Waals surface area (Å²) in [7, 11) is 0. The van der Waals surface area contributed by atoms with Gasteiger partial charge in [0.1, 0.15) is 11.6 Å². The molecule has 0 radical (unpaired) electrons. The highest BCUT2D eigenvalue weighted by Gasteiger charge is 2.24. The second-order valence-corrected chi connectivity index (χ2v) is 7.66. The van der Waals surface area contributed by atoms with E-state index in [1.807, 2.05) is 37.5 Å². The van der Waals surface area contributed by atoms with Gasteiger partial charge in [-0.2, -0.15) is 5.10 Å². The zero-order chi connectivity index (χ0) is 21.6. The lowest BCUT2D eigenvalue weighted by Gasteiger charge is -2.19.